The van der Waals surface area contributed by atoms with Crippen LogP contribution in [0.25, 0.3) is 0 Å². The number of ether oxygens (including phenoxy) is 1. The van der Waals surface area contributed by atoms with Crippen molar-refractivity contribution < 1.29 is 13.9 Å². The highest BCUT2D eigenvalue weighted by atomic mass is 35.5. The second-order valence-corrected chi connectivity index (χ2v) is 4.90. The second kappa shape index (κ2) is 7.66. The van der Waals surface area contributed by atoms with E-state index < -0.39 is 5.82 Å². The van der Waals surface area contributed by atoms with Gasteiger partial charge < -0.3 is 15.4 Å². The first kappa shape index (κ1) is 16.1. The molecule has 2 rings (SSSR count). The quantitative estimate of drug-likeness (QED) is 0.847. The fourth-order valence-corrected chi connectivity index (χ4v) is 2.00. The van der Waals surface area contributed by atoms with Crippen molar-refractivity contribution in [2.75, 3.05) is 23.8 Å². The standard InChI is InChI=1S/C16H16ClFN2O2/c1-2-22-13-5-3-4-11(8-13)19-10-16(21)20-12-6-7-15(18)14(17)9-12/h3-9,19H,2,10H2,1H3,(H,20,21). The number of nitrogens with one attached hydrogen (secondary N) is 2. The predicted molar refractivity (Wildman–Crippen MR) is 86.1 cm³/mol. The van der Waals surface area contributed by atoms with E-state index in [1.807, 2.05) is 31.2 Å². The van der Waals surface area contributed by atoms with Crippen LogP contribution in [-0.2, 0) is 4.79 Å². The van der Waals surface area contributed by atoms with Gasteiger partial charge >= 0.3 is 0 Å². The van der Waals surface area contributed by atoms with Gasteiger partial charge in [-0.1, -0.05) is 17.7 Å². The molecule has 0 aliphatic rings. The zero-order valence-corrected chi connectivity index (χ0v) is 12.8. The molecular formula is C16H16ClFN2O2. The monoisotopic (exact) mass is 322 g/mol. The van der Waals surface area contributed by atoms with Crippen LogP contribution in [0.3, 0.4) is 0 Å². The van der Waals surface area contributed by atoms with Gasteiger partial charge in [0.15, 0.2) is 0 Å². The number of anilines is 2. The Balaban J connectivity index is 1.89. The lowest BCUT2D eigenvalue weighted by molar-refractivity contribution is -0.114. The molecule has 0 spiro atoms. The Kier molecular flexibility index (Phi) is 5.61. The molecule has 1 amide bonds. The summed E-state index contributed by atoms with van der Waals surface area (Å²) in [6.07, 6.45) is 0. The van der Waals surface area contributed by atoms with Crippen LogP contribution in [-0.4, -0.2) is 19.1 Å². The van der Waals surface area contributed by atoms with Gasteiger partial charge in [0.05, 0.1) is 18.2 Å². The van der Waals surface area contributed by atoms with Gasteiger partial charge in [0.2, 0.25) is 5.91 Å². The second-order valence-electron chi connectivity index (χ2n) is 4.49. The van der Waals surface area contributed by atoms with Gasteiger partial charge in [-0.2, -0.15) is 0 Å². The molecule has 0 heterocycles. The summed E-state index contributed by atoms with van der Waals surface area (Å²) in [5, 5.41) is 5.59. The van der Waals surface area contributed by atoms with E-state index in [2.05, 4.69) is 10.6 Å². The van der Waals surface area contributed by atoms with Crippen LogP contribution >= 0.6 is 11.6 Å². The largest absolute Gasteiger partial charge is 0.494 e. The minimum atomic E-state index is -0.523. The molecule has 0 aliphatic carbocycles. The van der Waals surface area contributed by atoms with Crippen LogP contribution in [0.15, 0.2) is 42.5 Å². The van der Waals surface area contributed by atoms with E-state index in [9.17, 15) is 9.18 Å². The lowest BCUT2D eigenvalue weighted by Crippen LogP contribution is -2.21. The van der Waals surface area contributed by atoms with Crippen LogP contribution in [0, 0.1) is 5.82 Å². The normalized spacial score (nSPS) is 10.1. The summed E-state index contributed by atoms with van der Waals surface area (Å²) >= 11 is 5.66. The van der Waals surface area contributed by atoms with E-state index in [0.29, 0.717) is 12.3 Å². The van der Waals surface area contributed by atoms with Gasteiger partial charge in [-0.05, 0) is 37.3 Å². The van der Waals surface area contributed by atoms with Crippen LogP contribution in [0.5, 0.6) is 5.75 Å². The van der Waals surface area contributed by atoms with Crippen molar-refractivity contribution in [3.8, 4) is 5.75 Å². The molecule has 0 aromatic heterocycles. The fraction of sp³-hybridized carbons (Fsp3) is 0.188. The third-order valence-corrected chi connectivity index (χ3v) is 3.09. The van der Waals surface area contributed by atoms with Gasteiger partial charge in [-0.3, -0.25) is 4.79 Å². The SMILES string of the molecule is CCOc1cccc(NCC(=O)Nc2ccc(F)c(Cl)c2)c1. The van der Waals surface area contributed by atoms with E-state index in [4.69, 9.17) is 16.3 Å². The Labute approximate surface area is 133 Å². The summed E-state index contributed by atoms with van der Waals surface area (Å²) in [6.45, 7) is 2.56. The number of carbonyl (C=O) groups is 1. The van der Waals surface area contributed by atoms with Crippen molar-refractivity contribution in [2.24, 2.45) is 0 Å². The van der Waals surface area contributed by atoms with E-state index in [-0.39, 0.29) is 17.5 Å². The molecule has 4 nitrogen and oxygen atoms in total. The number of rotatable bonds is 6. The molecule has 0 aliphatic heterocycles. The Morgan fingerprint density at radius 1 is 1.23 bits per heavy atom. The highest BCUT2D eigenvalue weighted by Gasteiger charge is 2.05. The molecule has 0 radical (unpaired) electrons. The molecule has 2 aromatic carbocycles. The molecule has 6 heteroatoms. The number of amides is 1. The van der Waals surface area contributed by atoms with Crippen molar-refractivity contribution in [2.45, 2.75) is 6.92 Å². The van der Waals surface area contributed by atoms with Crippen molar-refractivity contribution in [1.82, 2.24) is 0 Å². The minimum absolute atomic E-state index is 0.0322. The van der Waals surface area contributed by atoms with Crippen molar-refractivity contribution in [3.05, 3.63) is 53.3 Å². The molecular weight excluding hydrogens is 307 g/mol. The molecule has 0 atom stereocenters. The summed E-state index contributed by atoms with van der Waals surface area (Å²) in [4.78, 5) is 11.9. The first-order valence-electron chi connectivity index (χ1n) is 6.80. The fourth-order valence-electron chi connectivity index (χ4n) is 1.82. The Bertz CT molecular complexity index is 664. The summed E-state index contributed by atoms with van der Waals surface area (Å²) in [5.41, 5.74) is 1.22. The van der Waals surface area contributed by atoms with Crippen molar-refractivity contribution in [1.29, 1.82) is 0 Å². The molecule has 0 saturated carbocycles. The van der Waals surface area contributed by atoms with E-state index in [1.54, 1.807) is 0 Å². The molecule has 0 unspecified atom stereocenters. The third kappa shape index (κ3) is 4.63. The summed E-state index contributed by atoms with van der Waals surface area (Å²) in [5.74, 6) is -0.0479. The third-order valence-electron chi connectivity index (χ3n) is 2.80. The number of hydrogen-bond donors (Lipinski definition) is 2. The number of halogens is 2. The maximum Gasteiger partial charge on any atom is 0.243 e. The van der Waals surface area contributed by atoms with Crippen LogP contribution in [0.4, 0.5) is 15.8 Å². The van der Waals surface area contributed by atoms with Gasteiger partial charge in [0.1, 0.15) is 11.6 Å². The lowest BCUT2D eigenvalue weighted by atomic mass is 10.3. The smallest absolute Gasteiger partial charge is 0.243 e. The van der Waals surface area contributed by atoms with Crippen molar-refractivity contribution >= 4 is 28.9 Å². The molecule has 22 heavy (non-hydrogen) atoms. The first-order valence-corrected chi connectivity index (χ1v) is 7.18. The molecule has 0 saturated heterocycles. The van der Waals surface area contributed by atoms with E-state index >= 15 is 0 Å². The topological polar surface area (TPSA) is 50.4 Å². The summed E-state index contributed by atoms with van der Waals surface area (Å²) in [6, 6.07) is 11.4. The summed E-state index contributed by atoms with van der Waals surface area (Å²) in [7, 11) is 0. The average molecular weight is 323 g/mol. The molecule has 2 N–H and O–H groups in total. The number of hydrogen-bond acceptors (Lipinski definition) is 3. The summed E-state index contributed by atoms with van der Waals surface area (Å²) < 4.78 is 18.4. The number of benzene rings is 2. The highest BCUT2D eigenvalue weighted by Crippen LogP contribution is 2.19. The average Bonchev–Trinajstić information content (AvgIpc) is 2.50. The zero-order chi connectivity index (χ0) is 15.9. The Morgan fingerprint density at radius 3 is 2.77 bits per heavy atom. The van der Waals surface area contributed by atoms with Gasteiger partial charge in [0, 0.05) is 17.4 Å². The van der Waals surface area contributed by atoms with Gasteiger partial charge in [-0.25, -0.2) is 4.39 Å². The number of carbonyl (C=O) groups excluding carboxylic acids is 1. The van der Waals surface area contributed by atoms with E-state index in [1.165, 1.54) is 18.2 Å². The highest BCUT2D eigenvalue weighted by molar-refractivity contribution is 6.31. The lowest BCUT2D eigenvalue weighted by Gasteiger charge is -2.10. The van der Waals surface area contributed by atoms with Crippen LogP contribution in [0.2, 0.25) is 5.02 Å². The predicted octanol–water partition coefficient (Wildman–Crippen LogP) is 3.93. The molecule has 116 valence electrons. The zero-order valence-electron chi connectivity index (χ0n) is 12.0. The Morgan fingerprint density at radius 2 is 2.05 bits per heavy atom. The molecule has 0 bridgehead atoms. The molecule has 0 fully saturated rings. The van der Waals surface area contributed by atoms with Crippen LogP contribution < -0.4 is 15.4 Å². The Hall–Kier alpha value is -2.27. The van der Waals surface area contributed by atoms with Crippen LogP contribution in [0.1, 0.15) is 6.92 Å². The van der Waals surface area contributed by atoms with Crippen molar-refractivity contribution in [3.63, 3.8) is 0 Å². The van der Waals surface area contributed by atoms with E-state index in [0.717, 1.165) is 11.4 Å². The maximum absolute atomic E-state index is 13.0. The van der Waals surface area contributed by atoms with Gasteiger partial charge in [0.25, 0.3) is 0 Å². The molecule has 2 aromatic rings. The van der Waals surface area contributed by atoms with Gasteiger partial charge in [-0.15, -0.1) is 0 Å². The minimum Gasteiger partial charge on any atom is -0.494 e. The maximum atomic E-state index is 13.0. The first-order chi connectivity index (χ1) is 10.6.